The van der Waals surface area contributed by atoms with E-state index in [4.69, 9.17) is 0 Å². The van der Waals surface area contributed by atoms with Crippen molar-refractivity contribution in [3.8, 4) is 0 Å². The molecule has 0 heterocycles. The predicted molar refractivity (Wildman–Crippen MR) is 83.7 cm³/mol. The molecule has 1 unspecified atom stereocenters. The summed E-state index contributed by atoms with van der Waals surface area (Å²) in [7, 11) is 0. The molecule has 1 N–H and O–H groups in total. The lowest BCUT2D eigenvalue weighted by Crippen LogP contribution is -2.30. The molecule has 1 atom stereocenters. The second-order valence-corrected chi connectivity index (χ2v) is 5.92. The number of likely N-dealkylation sites (N-methyl/N-ethyl adjacent to an activating group) is 1. The second kappa shape index (κ2) is 5.94. The van der Waals surface area contributed by atoms with Gasteiger partial charge in [-0.3, -0.25) is 0 Å². The minimum atomic E-state index is -0.390. The van der Waals surface area contributed by atoms with Crippen LogP contribution < -0.4 is 0 Å². The van der Waals surface area contributed by atoms with Crippen molar-refractivity contribution in [3.05, 3.63) is 48.0 Å². The fourth-order valence-electron chi connectivity index (χ4n) is 2.76. The zero-order valence-electron chi connectivity index (χ0n) is 12.1. The largest absolute Gasteiger partial charge is 0.387 e. The first-order chi connectivity index (χ1) is 9.76. The van der Waals surface area contributed by atoms with E-state index < -0.39 is 6.10 Å². The Morgan fingerprint density at radius 3 is 2.60 bits per heavy atom. The van der Waals surface area contributed by atoms with Crippen molar-refractivity contribution in [3.63, 3.8) is 0 Å². The van der Waals surface area contributed by atoms with E-state index in [0.717, 1.165) is 31.1 Å². The maximum absolute atomic E-state index is 10.5. The number of rotatable bonds is 6. The van der Waals surface area contributed by atoms with Crippen molar-refractivity contribution in [1.29, 1.82) is 0 Å². The molecule has 0 aromatic heterocycles. The highest BCUT2D eigenvalue weighted by atomic mass is 16.3. The minimum Gasteiger partial charge on any atom is -0.387 e. The molecule has 1 fully saturated rings. The Labute approximate surface area is 121 Å². The van der Waals surface area contributed by atoms with Crippen LogP contribution in [0, 0.1) is 5.92 Å². The molecular formula is C18H23NO. The molecule has 2 heteroatoms. The van der Waals surface area contributed by atoms with Crippen molar-refractivity contribution in [1.82, 2.24) is 4.90 Å². The summed E-state index contributed by atoms with van der Waals surface area (Å²) in [5.41, 5.74) is 1.03. The Hall–Kier alpha value is -1.38. The van der Waals surface area contributed by atoms with Crippen LogP contribution in [0.1, 0.15) is 31.4 Å². The van der Waals surface area contributed by atoms with E-state index in [9.17, 15) is 5.11 Å². The summed E-state index contributed by atoms with van der Waals surface area (Å²) in [5, 5.41) is 12.9. The zero-order valence-corrected chi connectivity index (χ0v) is 12.1. The van der Waals surface area contributed by atoms with Crippen LogP contribution >= 0.6 is 0 Å². The molecule has 1 saturated carbocycles. The lowest BCUT2D eigenvalue weighted by atomic mass is 10.0. The van der Waals surface area contributed by atoms with Crippen molar-refractivity contribution in [2.75, 3.05) is 19.6 Å². The molecule has 3 rings (SSSR count). The highest BCUT2D eigenvalue weighted by Gasteiger charge is 2.24. The van der Waals surface area contributed by atoms with Gasteiger partial charge in [-0.05, 0) is 47.7 Å². The molecule has 0 bridgehead atoms. The van der Waals surface area contributed by atoms with Gasteiger partial charge in [-0.2, -0.15) is 0 Å². The summed E-state index contributed by atoms with van der Waals surface area (Å²) in [5.74, 6) is 0.874. The van der Waals surface area contributed by atoms with E-state index in [1.54, 1.807) is 0 Å². The Balaban J connectivity index is 1.71. The summed E-state index contributed by atoms with van der Waals surface area (Å²) in [6, 6.07) is 14.6. The number of fused-ring (bicyclic) bond motifs is 1. The number of benzene rings is 2. The van der Waals surface area contributed by atoms with Crippen LogP contribution in [0.5, 0.6) is 0 Å². The van der Waals surface area contributed by atoms with Crippen LogP contribution in [0.4, 0.5) is 0 Å². The summed E-state index contributed by atoms with van der Waals surface area (Å²) in [6.45, 7) is 5.07. The van der Waals surface area contributed by atoms with Gasteiger partial charge in [0.05, 0.1) is 6.10 Å². The second-order valence-electron chi connectivity index (χ2n) is 5.92. The fraction of sp³-hybridized carbons (Fsp3) is 0.444. The van der Waals surface area contributed by atoms with Gasteiger partial charge in [0.15, 0.2) is 0 Å². The van der Waals surface area contributed by atoms with Gasteiger partial charge in [-0.1, -0.05) is 43.3 Å². The lowest BCUT2D eigenvalue weighted by Gasteiger charge is -2.23. The first kappa shape index (κ1) is 13.6. The van der Waals surface area contributed by atoms with Crippen LogP contribution in [0.25, 0.3) is 10.8 Å². The molecule has 0 aliphatic heterocycles. The van der Waals surface area contributed by atoms with Gasteiger partial charge in [-0.15, -0.1) is 0 Å². The van der Waals surface area contributed by atoms with E-state index in [2.05, 4.69) is 42.2 Å². The highest BCUT2D eigenvalue weighted by Crippen LogP contribution is 2.30. The molecule has 106 valence electrons. The number of hydrogen-bond donors (Lipinski definition) is 1. The predicted octanol–water partition coefficient (Wildman–Crippen LogP) is 3.61. The minimum absolute atomic E-state index is 0.390. The van der Waals surface area contributed by atoms with Gasteiger partial charge in [-0.25, -0.2) is 0 Å². The Morgan fingerprint density at radius 1 is 1.15 bits per heavy atom. The first-order valence-electron chi connectivity index (χ1n) is 7.65. The van der Waals surface area contributed by atoms with Gasteiger partial charge in [0, 0.05) is 13.1 Å². The van der Waals surface area contributed by atoms with Gasteiger partial charge in [0.1, 0.15) is 0 Å². The van der Waals surface area contributed by atoms with E-state index in [1.165, 1.54) is 23.6 Å². The average molecular weight is 269 g/mol. The molecule has 2 aromatic carbocycles. The summed E-state index contributed by atoms with van der Waals surface area (Å²) >= 11 is 0. The first-order valence-corrected chi connectivity index (χ1v) is 7.65. The van der Waals surface area contributed by atoms with Gasteiger partial charge in [0.25, 0.3) is 0 Å². The average Bonchev–Trinajstić information content (AvgIpc) is 3.30. The van der Waals surface area contributed by atoms with Crippen LogP contribution in [0.3, 0.4) is 0 Å². The Bertz CT molecular complexity index is 576. The van der Waals surface area contributed by atoms with Gasteiger partial charge in [0.2, 0.25) is 0 Å². The fourth-order valence-corrected chi connectivity index (χ4v) is 2.76. The smallest absolute Gasteiger partial charge is 0.0917 e. The van der Waals surface area contributed by atoms with Crippen LogP contribution in [-0.2, 0) is 0 Å². The SMILES string of the molecule is CCN(CC1CC1)CC(O)c1ccc2ccccc2c1. The molecule has 0 radical (unpaired) electrons. The highest BCUT2D eigenvalue weighted by molar-refractivity contribution is 5.83. The zero-order chi connectivity index (χ0) is 13.9. The monoisotopic (exact) mass is 269 g/mol. The molecule has 0 amide bonds. The van der Waals surface area contributed by atoms with Crippen molar-refractivity contribution in [2.24, 2.45) is 5.92 Å². The Morgan fingerprint density at radius 2 is 1.90 bits per heavy atom. The number of aliphatic hydroxyl groups excluding tert-OH is 1. The molecule has 2 nitrogen and oxygen atoms in total. The number of nitrogens with zero attached hydrogens (tertiary/aromatic N) is 1. The third-order valence-electron chi connectivity index (χ3n) is 4.25. The van der Waals surface area contributed by atoms with Gasteiger partial charge >= 0.3 is 0 Å². The molecule has 2 aromatic rings. The van der Waals surface area contributed by atoms with Crippen LogP contribution in [0.2, 0.25) is 0 Å². The summed E-state index contributed by atoms with van der Waals surface area (Å²) < 4.78 is 0. The lowest BCUT2D eigenvalue weighted by molar-refractivity contribution is 0.113. The molecule has 1 aliphatic carbocycles. The maximum atomic E-state index is 10.5. The summed E-state index contributed by atoms with van der Waals surface area (Å²) in [6.07, 6.45) is 2.34. The van der Waals surface area contributed by atoms with E-state index in [0.29, 0.717) is 0 Å². The number of aliphatic hydroxyl groups is 1. The van der Waals surface area contributed by atoms with Crippen molar-refractivity contribution < 1.29 is 5.11 Å². The molecule has 0 saturated heterocycles. The third-order valence-corrected chi connectivity index (χ3v) is 4.25. The molecule has 20 heavy (non-hydrogen) atoms. The standard InChI is InChI=1S/C18H23NO/c1-2-19(12-14-7-8-14)13-18(20)17-10-9-15-5-3-4-6-16(15)11-17/h3-6,9-11,14,18,20H,2,7-8,12-13H2,1H3. The van der Waals surface area contributed by atoms with Crippen molar-refractivity contribution in [2.45, 2.75) is 25.9 Å². The van der Waals surface area contributed by atoms with Gasteiger partial charge < -0.3 is 10.0 Å². The van der Waals surface area contributed by atoms with Crippen molar-refractivity contribution >= 4 is 10.8 Å². The number of hydrogen-bond acceptors (Lipinski definition) is 2. The molecular weight excluding hydrogens is 246 g/mol. The Kier molecular flexibility index (Phi) is 4.04. The topological polar surface area (TPSA) is 23.5 Å². The van der Waals surface area contributed by atoms with E-state index in [-0.39, 0.29) is 0 Å². The van der Waals surface area contributed by atoms with E-state index in [1.807, 2.05) is 12.1 Å². The molecule has 0 spiro atoms. The third kappa shape index (κ3) is 3.20. The van der Waals surface area contributed by atoms with Crippen LogP contribution in [0.15, 0.2) is 42.5 Å². The maximum Gasteiger partial charge on any atom is 0.0917 e. The normalized spacial score (nSPS) is 16.8. The summed E-state index contributed by atoms with van der Waals surface area (Å²) in [4.78, 5) is 2.37. The van der Waals surface area contributed by atoms with E-state index >= 15 is 0 Å². The molecule has 1 aliphatic rings. The quantitative estimate of drug-likeness (QED) is 0.866. The van der Waals surface area contributed by atoms with Crippen LogP contribution in [-0.4, -0.2) is 29.6 Å².